The van der Waals surface area contributed by atoms with Gasteiger partial charge in [-0.15, -0.1) is 11.3 Å². The van der Waals surface area contributed by atoms with Crippen molar-refractivity contribution < 1.29 is 19.1 Å². The Labute approximate surface area is 155 Å². The van der Waals surface area contributed by atoms with Crippen LogP contribution in [0, 0.1) is 0 Å². The van der Waals surface area contributed by atoms with Gasteiger partial charge in [-0.1, -0.05) is 12.1 Å². The number of benzene rings is 1. The second-order valence-electron chi connectivity index (χ2n) is 5.82. The molecule has 0 aliphatic carbocycles. The maximum absolute atomic E-state index is 12.2. The van der Waals surface area contributed by atoms with Crippen LogP contribution in [-0.2, 0) is 16.0 Å². The highest BCUT2D eigenvalue weighted by Crippen LogP contribution is 2.24. The van der Waals surface area contributed by atoms with E-state index in [-0.39, 0.29) is 0 Å². The van der Waals surface area contributed by atoms with E-state index in [1.54, 1.807) is 11.4 Å². The van der Waals surface area contributed by atoms with Crippen molar-refractivity contribution in [1.29, 1.82) is 0 Å². The predicted molar refractivity (Wildman–Crippen MR) is 101 cm³/mol. The van der Waals surface area contributed by atoms with Crippen molar-refractivity contribution in [3.8, 4) is 0 Å². The van der Waals surface area contributed by atoms with Crippen molar-refractivity contribution in [3.05, 3.63) is 46.8 Å². The maximum atomic E-state index is 12.2. The van der Waals surface area contributed by atoms with E-state index in [0.717, 1.165) is 32.8 Å². The Morgan fingerprint density at radius 2 is 1.88 bits per heavy atom. The van der Waals surface area contributed by atoms with Gasteiger partial charge in [0.05, 0.1) is 25.9 Å². The van der Waals surface area contributed by atoms with Gasteiger partial charge >= 0.3 is 12.0 Å². The number of hydrogen-bond acceptors (Lipinski definition) is 6. The topological polar surface area (TPSA) is 79.9 Å². The molecule has 1 fully saturated rings. The highest BCUT2D eigenvalue weighted by Gasteiger charge is 2.15. The molecule has 0 radical (unpaired) electrons. The molecule has 1 saturated heterocycles. The van der Waals surface area contributed by atoms with Crippen LogP contribution in [0.1, 0.15) is 15.9 Å². The number of urea groups is 1. The highest BCUT2D eigenvalue weighted by molar-refractivity contribution is 7.14. The summed E-state index contributed by atoms with van der Waals surface area (Å²) < 4.78 is 10.0. The Morgan fingerprint density at radius 1 is 1.15 bits per heavy atom. The summed E-state index contributed by atoms with van der Waals surface area (Å²) in [5, 5.41) is 7.63. The lowest BCUT2D eigenvalue weighted by molar-refractivity contribution is 0.0342. The molecule has 2 N–H and O–H groups in total. The lowest BCUT2D eigenvalue weighted by Crippen LogP contribution is -2.35. The van der Waals surface area contributed by atoms with Crippen LogP contribution in [0.2, 0.25) is 0 Å². The second kappa shape index (κ2) is 8.79. The summed E-state index contributed by atoms with van der Waals surface area (Å²) >= 11 is 1.27. The first kappa shape index (κ1) is 18.4. The third-order valence-electron chi connectivity index (χ3n) is 4.02. The van der Waals surface area contributed by atoms with Gasteiger partial charge in [0.2, 0.25) is 0 Å². The van der Waals surface area contributed by atoms with Gasteiger partial charge in [-0.05, 0) is 29.1 Å². The van der Waals surface area contributed by atoms with Crippen LogP contribution in [0.4, 0.5) is 15.5 Å². The zero-order valence-electron chi connectivity index (χ0n) is 14.5. The van der Waals surface area contributed by atoms with E-state index < -0.39 is 12.0 Å². The molecule has 0 bridgehead atoms. The van der Waals surface area contributed by atoms with Crippen LogP contribution in [0.25, 0.3) is 0 Å². The Morgan fingerprint density at radius 3 is 2.58 bits per heavy atom. The van der Waals surface area contributed by atoms with Crippen molar-refractivity contribution in [2.45, 2.75) is 6.54 Å². The molecule has 1 aromatic heterocycles. The molecular formula is C18H21N3O4S. The third-order valence-corrected chi connectivity index (χ3v) is 4.85. The van der Waals surface area contributed by atoms with Crippen LogP contribution < -0.4 is 10.6 Å². The average molecular weight is 375 g/mol. The van der Waals surface area contributed by atoms with E-state index in [9.17, 15) is 9.59 Å². The smallest absolute Gasteiger partial charge is 0.340 e. The zero-order chi connectivity index (χ0) is 18.4. The van der Waals surface area contributed by atoms with E-state index in [1.807, 2.05) is 24.3 Å². The minimum Gasteiger partial charge on any atom is -0.465 e. The summed E-state index contributed by atoms with van der Waals surface area (Å²) in [6.45, 7) is 4.29. The largest absolute Gasteiger partial charge is 0.465 e. The van der Waals surface area contributed by atoms with Gasteiger partial charge in [-0.3, -0.25) is 10.2 Å². The van der Waals surface area contributed by atoms with Gasteiger partial charge in [0.25, 0.3) is 0 Å². The van der Waals surface area contributed by atoms with E-state index in [0.29, 0.717) is 16.3 Å². The standard InChI is InChI=1S/C18H21N3O4S/c1-24-17(22)15-6-11-26-16(15)20-18(23)19-14-4-2-13(3-5-14)12-21-7-9-25-10-8-21/h2-6,11H,7-10,12H2,1H3,(H2,19,20,23). The number of morpholine rings is 1. The molecule has 0 unspecified atom stereocenters. The number of methoxy groups -OCH3 is 1. The molecule has 138 valence electrons. The fourth-order valence-corrected chi connectivity index (χ4v) is 3.42. The Hall–Kier alpha value is -2.42. The predicted octanol–water partition coefficient (Wildman–Crippen LogP) is 3.01. The maximum Gasteiger partial charge on any atom is 0.340 e. The van der Waals surface area contributed by atoms with Crippen LogP contribution in [0.5, 0.6) is 0 Å². The number of hydrogen-bond donors (Lipinski definition) is 2. The average Bonchev–Trinajstić information content (AvgIpc) is 3.11. The van der Waals surface area contributed by atoms with Gasteiger partial charge in [0.1, 0.15) is 5.00 Å². The van der Waals surface area contributed by atoms with E-state index in [4.69, 9.17) is 9.47 Å². The number of nitrogens with zero attached hydrogens (tertiary/aromatic N) is 1. The first-order valence-corrected chi connectivity index (χ1v) is 9.16. The molecule has 2 heterocycles. The molecule has 1 aliphatic heterocycles. The first-order chi connectivity index (χ1) is 12.7. The van der Waals surface area contributed by atoms with Crippen molar-refractivity contribution in [3.63, 3.8) is 0 Å². The summed E-state index contributed by atoms with van der Waals surface area (Å²) in [6, 6.07) is 8.94. The first-order valence-electron chi connectivity index (χ1n) is 8.28. The molecule has 1 aliphatic rings. The number of rotatable bonds is 5. The fourth-order valence-electron chi connectivity index (χ4n) is 2.65. The minimum atomic E-state index is -0.478. The number of carbonyl (C=O) groups is 2. The number of carbonyl (C=O) groups excluding carboxylic acids is 2. The molecule has 0 atom stereocenters. The molecule has 0 spiro atoms. The lowest BCUT2D eigenvalue weighted by Gasteiger charge is -2.26. The lowest BCUT2D eigenvalue weighted by atomic mass is 10.2. The SMILES string of the molecule is COC(=O)c1ccsc1NC(=O)Nc1ccc(CN2CCOCC2)cc1. The number of thiophene rings is 1. The fraction of sp³-hybridized carbons (Fsp3) is 0.333. The molecule has 2 amide bonds. The van der Waals surface area contributed by atoms with Crippen molar-refractivity contribution in [1.82, 2.24) is 4.90 Å². The van der Waals surface area contributed by atoms with Gasteiger partial charge in [0, 0.05) is 25.3 Å². The molecule has 0 saturated carbocycles. The Kier molecular flexibility index (Phi) is 6.21. The normalized spacial score (nSPS) is 14.7. The number of amides is 2. The van der Waals surface area contributed by atoms with Gasteiger partial charge in [0.15, 0.2) is 0 Å². The van der Waals surface area contributed by atoms with Crippen LogP contribution in [0.3, 0.4) is 0 Å². The zero-order valence-corrected chi connectivity index (χ0v) is 15.3. The molecule has 8 heteroatoms. The summed E-state index contributed by atoms with van der Waals surface area (Å²) in [4.78, 5) is 26.1. The quantitative estimate of drug-likeness (QED) is 0.786. The van der Waals surface area contributed by atoms with Crippen molar-refractivity contribution >= 4 is 34.0 Å². The van der Waals surface area contributed by atoms with Gasteiger partial charge in [-0.2, -0.15) is 0 Å². The van der Waals surface area contributed by atoms with Crippen LogP contribution in [0.15, 0.2) is 35.7 Å². The molecule has 1 aromatic carbocycles. The summed E-state index contributed by atoms with van der Waals surface area (Å²) in [6.07, 6.45) is 0. The number of nitrogens with one attached hydrogen (secondary N) is 2. The highest BCUT2D eigenvalue weighted by atomic mass is 32.1. The van der Waals surface area contributed by atoms with Crippen molar-refractivity contribution in [2.24, 2.45) is 0 Å². The third kappa shape index (κ3) is 4.81. The van der Waals surface area contributed by atoms with Gasteiger partial charge < -0.3 is 14.8 Å². The Balaban J connectivity index is 1.54. The van der Waals surface area contributed by atoms with Crippen LogP contribution in [-0.4, -0.2) is 50.3 Å². The molecule has 26 heavy (non-hydrogen) atoms. The Bertz CT molecular complexity index is 754. The molecule has 2 aromatic rings. The van der Waals surface area contributed by atoms with Crippen molar-refractivity contribution in [2.75, 3.05) is 44.0 Å². The molecule has 7 nitrogen and oxygen atoms in total. The monoisotopic (exact) mass is 375 g/mol. The molecule has 3 rings (SSSR count). The van der Waals surface area contributed by atoms with Crippen LogP contribution >= 0.6 is 11.3 Å². The van der Waals surface area contributed by atoms with E-state index in [2.05, 4.69) is 15.5 Å². The molecular weight excluding hydrogens is 354 g/mol. The minimum absolute atomic E-state index is 0.341. The second-order valence-corrected chi connectivity index (χ2v) is 6.74. The summed E-state index contributed by atoms with van der Waals surface area (Å²) in [5.41, 5.74) is 2.21. The van der Waals surface area contributed by atoms with E-state index >= 15 is 0 Å². The van der Waals surface area contributed by atoms with E-state index in [1.165, 1.54) is 24.0 Å². The number of anilines is 2. The summed E-state index contributed by atoms with van der Waals surface area (Å²) in [7, 11) is 1.31. The summed E-state index contributed by atoms with van der Waals surface area (Å²) in [5.74, 6) is -0.478. The van der Waals surface area contributed by atoms with Gasteiger partial charge in [-0.25, -0.2) is 9.59 Å². The number of ether oxygens (including phenoxy) is 2. The number of esters is 1.